The number of aliphatic hydroxyl groups is 1. The molecule has 1 aromatic heterocycles. The summed E-state index contributed by atoms with van der Waals surface area (Å²) in [6.45, 7) is 2.90. The number of carbonyl (C=O) groups excluding carboxylic acids is 1. The van der Waals surface area contributed by atoms with Gasteiger partial charge in [-0.2, -0.15) is 5.10 Å². The zero-order valence-corrected chi connectivity index (χ0v) is 12.0. The van der Waals surface area contributed by atoms with Gasteiger partial charge in [0.1, 0.15) is 0 Å². The monoisotopic (exact) mass is 288 g/mol. The smallest absolute Gasteiger partial charge is 0.315 e. The number of hydrogen-bond donors (Lipinski definition) is 3. The summed E-state index contributed by atoms with van der Waals surface area (Å²) >= 11 is 0. The van der Waals surface area contributed by atoms with Crippen LogP contribution in [0.3, 0.4) is 0 Å². The van der Waals surface area contributed by atoms with Gasteiger partial charge in [-0.3, -0.25) is 4.68 Å². The number of amides is 2. The minimum atomic E-state index is -0.404. The number of carbonyl (C=O) groups is 1. The topological polar surface area (TPSA) is 79.2 Å². The first-order valence-electron chi connectivity index (χ1n) is 6.88. The van der Waals surface area contributed by atoms with E-state index in [2.05, 4.69) is 15.7 Å². The molecule has 1 atom stereocenters. The lowest BCUT2D eigenvalue weighted by Crippen LogP contribution is -2.40. The summed E-state index contributed by atoms with van der Waals surface area (Å²) in [4.78, 5) is 11.8. The molecule has 0 spiro atoms. The molecule has 2 rings (SSSR count). The Hall–Kier alpha value is -2.34. The van der Waals surface area contributed by atoms with Gasteiger partial charge < -0.3 is 15.7 Å². The molecule has 0 radical (unpaired) electrons. The lowest BCUT2D eigenvalue weighted by molar-refractivity contribution is 0.216. The zero-order chi connectivity index (χ0) is 15.1. The number of hydrogen-bond acceptors (Lipinski definition) is 3. The van der Waals surface area contributed by atoms with Crippen molar-refractivity contribution in [2.75, 3.05) is 13.2 Å². The van der Waals surface area contributed by atoms with E-state index >= 15 is 0 Å². The van der Waals surface area contributed by atoms with Gasteiger partial charge in [0.25, 0.3) is 0 Å². The highest BCUT2D eigenvalue weighted by molar-refractivity contribution is 5.74. The standard InChI is InChI=1S/C15H20N4O2/c1-12-9-17-19(10-12)8-7-16-15(21)18-14(11-20)13-5-3-2-4-6-13/h2-6,9-10,14,20H,7-8,11H2,1H3,(H2,16,18,21)/t14-/m1/s1. The average Bonchev–Trinajstić information content (AvgIpc) is 2.91. The fourth-order valence-corrected chi connectivity index (χ4v) is 2.00. The molecule has 2 amide bonds. The second-order valence-corrected chi connectivity index (χ2v) is 4.83. The third kappa shape index (κ3) is 4.61. The van der Waals surface area contributed by atoms with Crippen LogP contribution in [0.1, 0.15) is 17.2 Å². The molecule has 0 aliphatic carbocycles. The Labute approximate surface area is 123 Å². The van der Waals surface area contributed by atoms with Crippen molar-refractivity contribution in [3.05, 3.63) is 53.9 Å². The Morgan fingerprint density at radius 1 is 1.38 bits per heavy atom. The lowest BCUT2D eigenvalue weighted by atomic mass is 10.1. The molecule has 2 aromatic rings. The highest BCUT2D eigenvalue weighted by atomic mass is 16.3. The van der Waals surface area contributed by atoms with E-state index in [9.17, 15) is 9.90 Å². The summed E-state index contributed by atoms with van der Waals surface area (Å²) in [5, 5.41) is 19.0. The zero-order valence-electron chi connectivity index (χ0n) is 12.0. The summed E-state index contributed by atoms with van der Waals surface area (Å²) in [6.07, 6.45) is 3.69. The molecule has 0 unspecified atom stereocenters. The van der Waals surface area contributed by atoms with Crippen molar-refractivity contribution in [2.24, 2.45) is 0 Å². The first kappa shape index (κ1) is 15.1. The predicted molar refractivity (Wildman–Crippen MR) is 79.8 cm³/mol. The highest BCUT2D eigenvalue weighted by Crippen LogP contribution is 2.10. The fraction of sp³-hybridized carbons (Fsp3) is 0.333. The maximum absolute atomic E-state index is 11.8. The van der Waals surface area contributed by atoms with Crippen LogP contribution >= 0.6 is 0 Å². The van der Waals surface area contributed by atoms with Crippen molar-refractivity contribution in [3.63, 3.8) is 0 Å². The van der Waals surface area contributed by atoms with E-state index in [4.69, 9.17) is 0 Å². The van der Waals surface area contributed by atoms with Crippen molar-refractivity contribution in [3.8, 4) is 0 Å². The number of rotatable bonds is 6. The van der Waals surface area contributed by atoms with Crippen LogP contribution in [0.15, 0.2) is 42.7 Å². The third-order valence-corrected chi connectivity index (χ3v) is 3.08. The minimum absolute atomic E-state index is 0.143. The van der Waals surface area contributed by atoms with E-state index < -0.39 is 6.04 Å². The van der Waals surface area contributed by atoms with Crippen molar-refractivity contribution in [1.29, 1.82) is 0 Å². The van der Waals surface area contributed by atoms with Gasteiger partial charge in [-0.15, -0.1) is 0 Å². The molecule has 6 nitrogen and oxygen atoms in total. The largest absolute Gasteiger partial charge is 0.394 e. The molecule has 0 fully saturated rings. The molecular weight excluding hydrogens is 268 g/mol. The normalized spacial score (nSPS) is 11.9. The van der Waals surface area contributed by atoms with Crippen LogP contribution in [0, 0.1) is 6.92 Å². The summed E-state index contributed by atoms with van der Waals surface area (Å²) in [5.74, 6) is 0. The first-order chi connectivity index (χ1) is 10.2. The van der Waals surface area contributed by atoms with Crippen LogP contribution in [-0.2, 0) is 6.54 Å². The molecule has 1 heterocycles. The first-order valence-corrected chi connectivity index (χ1v) is 6.88. The summed E-state index contributed by atoms with van der Waals surface area (Å²) in [7, 11) is 0. The SMILES string of the molecule is Cc1cnn(CCNC(=O)N[C@H](CO)c2ccccc2)c1. The number of urea groups is 1. The van der Waals surface area contributed by atoms with E-state index in [-0.39, 0.29) is 12.6 Å². The summed E-state index contributed by atoms with van der Waals surface area (Å²) < 4.78 is 1.77. The van der Waals surface area contributed by atoms with Gasteiger partial charge in [-0.05, 0) is 18.1 Å². The van der Waals surface area contributed by atoms with E-state index in [1.54, 1.807) is 10.9 Å². The van der Waals surface area contributed by atoms with Crippen molar-refractivity contribution < 1.29 is 9.90 Å². The molecule has 3 N–H and O–H groups in total. The van der Waals surface area contributed by atoms with Gasteiger partial charge in [-0.1, -0.05) is 30.3 Å². The number of benzene rings is 1. The van der Waals surface area contributed by atoms with Crippen molar-refractivity contribution >= 4 is 6.03 Å². The van der Waals surface area contributed by atoms with Crippen LogP contribution in [0.4, 0.5) is 4.79 Å². The van der Waals surface area contributed by atoms with Gasteiger partial charge in [0.2, 0.25) is 0 Å². The number of aliphatic hydroxyl groups excluding tert-OH is 1. The number of aryl methyl sites for hydroxylation is 1. The van der Waals surface area contributed by atoms with Gasteiger partial charge >= 0.3 is 6.03 Å². The van der Waals surface area contributed by atoms with Crippen LogP contribution in [0.2, 0.25) is 0 Å². The number of nitrogens with one attached hydrogen (secondary N) is 2. The van der Waals surface area contributed by atoms with Crippen molar-refractivity contribution in [1.82, 2.24) is 20.4 Å². The molecule has 21 heavy (non-hydrogen) atoms. The maximum Gasteiger partial charge on any atom is 0.315 e. The Morgan fingerprint density at radius 3 is 2.76 bits per heavy atom. The maximum atomic E-state index is 11.8. The molecule has 0 aliphatic rings. The molecule has 0 saturated heterocycles. The average molecular weight is 288 g/mol. The molecule has 0 bridgehead atoms. The molecule has 112 valence electrons. The minimum Gasteiger partial charge on any atom is -0.394 e. The van der Waals surface area contributed by atoms with E-state index in [1.165, 1.54) is 0 Å². The lowest BCUT2D eigenvalue weighted by Gasteiger charge is -2.17. The van der Waals surface area contributed by atoms with Gasteiger partial charge in [0.05, 0.1) is 25.4 Å². The van der Waals surface area contributed by atoms with Gasteiger partial charge in [-0.25, -0.2) is 4.79 Å². The molecular formula is C15H20N4O2. The van der Waals surface area contributed by atoms with E-state index in [1.807, 2.05) is 43.5 Å². The predicted octanol–water partition coefficient (Wildman–Crippen LogP) is 1.22. The van der Waals surface area contributed by atoms with Gasteiger partial charge in [0, 0.05) is 12.7 Å². The third-order valence-electron chi connectivity index (χ3n) is 3.08. The summed E-state index contributed by atoms with van der Waals surface area (Å²) in [5.41, 5.74) is 1.96. The molecule has 0 aliphatic heterocycles. The number of aromatic nitrogens is 2. The van der Waals surface area contributed by atoms with Crippen molar-refractivity contribution in [2.45, 2.75) is 19.5 Å². The van der Waals surface area contributed by atoms with Crippen LogP contribution in [-0.4, -0.2) is 34.1 Å². The number of nitrogens with zero attached hydrogens (tertiary/aromatic N) is 2. The second kappa shape index (κ2) is 7.44. The van der Waals surface area contributed by atoms with Crippen LogP contribution in [0.25, 0.3) is 0 Å². The van der Waals surface area contributed by atoms with Crippen LogP contribution in [0.5, 0.6) is 0 Å². The molecule has 1 aromatic carbocycles. The van der Waals surface area contributed by atoms with Crippen LogP contribution < -0.4 is 10.6 Å². The summed E-state index contributed by atoms with van der Waals surface area (Å²) in [6, 6.07) is 8.67. The molecule has 0 saturated carbocycles. The van der Waals surface area contributed by atoms with Gasteiger partial charge in [0.15, 0.2) is 0 Å². The van der Waals surface area contributed by atoms with E-state index in [0.29, 0.717) is 13.1 Å². The second-order valence-electron chi connectivity index (χ2n) is 4.83. The highest BCUT2D eigenvalue weighted by Gasteiger charge is 2.12. The molecule has 6 heteroatoms. The quantitative estimate of drug-likeness (QED) is 0.748. The Kier molecular flexibility index (Phi) is 5.34. The Balaban J connectivity index is 1.78. The fourth-order valence-electron chi connectivity index (χ4n) is 2.00. The van der Waals surface area contributed by atoms with E-state index in [0.717, 1.165) is 11.1 Å². The Bertz CT molecular complexity index is 568. The Morgan fingerprint density at radius 2 is 2.14 bits per heavy atom.